The Balaban J connectivity index is 1.83. The topological polar surface area (TPSA) is 50.4 Å². The quantitative estimate of drug-likeness (QED) is 0.897. The van der Waals surface area contributed by atoms with Gasteiger partial charge in [-0.2, -0.15) is 0 Å². The average molecular weight is 308 g/mol. The lowest BCUT2D eigenvalue weighted by molar-refractivity contribution is 0.0522. The molecule has 5 heteroatoms. The van der Waals surface area contributed by atoms with E-state index in [1.165, 1.54) is 6.07 Å². The third-order valence-corrected chi connectivity index (χ3v) is 3.65. The van der Waals surface area contributed by atoms with Gasteiger partial charge in [-0.25, -0.2) is 9.18 Å². The van der Waals surface area contributed by atoms with E-state index in [-0.39, 0.29) is 17.9 Å². The molecule has 0 saturated carbocycles. The zero-order chi connectivity index (χ0) is 16.3. The van der Waals surface area contributed by atoms with Crippen LogP contribution in [0.2, 0.25) is 0 Å². The summed E-state index contributed by atoms with van der Waals surface area (Å²) in [4.78, 5) is 11.6. The first-order valence-electron chi connectivity index (χ1n) is 7.76. The Morgan fingerprint density at radius 2 is 2.18 bits per heavy atom. The van der Waals surface area contributed by atoms with E-state index in [2.05, 4.69) is 10.6 Å². The molecule has 22 heavy (non-hydrogen) atoms. The second kappa shape index (κ2) is 6.65. The number of fused-ring (bicyclic) bond motifs is 1. The number of benzene rings is 1. The molecule has 0 aromatic heterocycles. The van der Waals surface area contributed by atoms with Crippen LogP contribution in [0.3, 0.4) is 0 Å². The van der Waals surface area contributed by atoms with E-state index in [0.29, 0.717) is 6.54 Å². The standard InChI is InChI=1S/C17H25FN2O2/c1-11(10-19-16(21)22-17(2,3)4)20-15-9-8-12-13(15)6-5-7-14(12)18/h5-7,11,15,20H,8-10H2,1-4H3,(H,19,21). The summed E-state index contributed by atoms with van der Waals surface area (Å²) in [5.74, 6) is -0.124. The van der Waals surface area contributed by atoms with Crippen LogP contribution in [-0.2, 0) is 11.2 Å². The molecular formula is C17H25FN2O2. The Morgan fingerprint density at radius 3 is 2.86 bits per heavy atom. The highest BCUT2D eigenvalue weighted by molar-refractivity contribution is 5.67. The van der Waals surface area contributed by atoms with Crippen molar-refractivity contribution >= 4 is 6.09 Å². The highest BCUT2D eigenvalue weighted by Crippen LogP contribution is 2.32. The predicted octanol–water partition coefficient (Wildman–Crippen LogP) is 3.32. The number of amides is 1. The van der Waals surface area contributed by atoms with Gasteiger partial charge in [0.2, 0.25) is 0 Å². The van der Waals surface area contributed by atoms with Gasteiger partial charge in [-0.15, -0.1) is 0 Å². The zero-order valence-corrected chi connectivity index (χ0v) is 13.7. The third-order valence-electron chi connectivity index (χ3n) is 3.65. The van der Waals surface area contributed by atoms with E-state index in [4.69, 9.17) is 4.74 Å². The van der Waals surface area contributed by atoms with Gasteiger partial charge in [-0.1, -0.05) is 12.1 Å². The molecule has 2 unspecified atom stereocenters. The minimum atomic E-state index is -0.497. The van der Waals surface area contributed by atoms with Crippen LogP contribution in [0.5, 0.6) is 0 Å². The number of nitrogens with one attached hydrogen (secondary N) is 2. The lowest BCUT2D eigenvalue weighted by atomic mass is 10.1. The molecule has 0 fully saturated rings. The summed E-state index contributed by atoms with van der Waals surface area (Å²) in [5, 5.41) is 6.19. The van der Waals surface area contributed by atoms with Crippen LogP contribution in [0, 0.1) is 5.82 Å². The summed E-state index contributed by atoms with van der Waals surface area (Å²) in [6.45, 7) is 7.96. The van der Waals surface area contributed by atoms with Crippen molar-refractivity contribution in [3.05, 3.63) is 35.1 Å². The first-order chi connectivity index (χ1) is 10.3. The van der Waals surface area contributed by atoms with Gasteiger partial charge in [0.05, 0.1) is 0 Å². The summed E-state index contributed by atoms with van der Waals surface area (Å²) in [6, 6.07) is 5.44. The summed E-state index contributed by atoms with van der Waals surface area (Å²) in [5.41, 5.74) is 1.35. The van der Waals surface area contributed by atoms with Gasteiger partial charge in [0.1, 0.15) is 11.4 Å². The summed E-state index contributed by atoms with van der Waals surface area (Å²) < 4.78 is 18.9. The van der Waals surface area contributed by atoms with E-state index in [0.717, 1.165) is 24.0 Å². The molecule has 1 aliphatic carbocycles. The van der Waals surface area contributed by atoms with Gasteiger partial charge in [-0.05, 0) is 57.7 Å². The number of carbonyl (C=O) groups excluding carboxylic acids is 1. The molecule has 1 aliphatic rings. The number of hydrogen-bond acceptors (Lipinski definition) is 3. The SMILES string of the molecule is CC(CNC(=O)OC(C)(C)C)NC1CCc2c(F)cccc21. The van der Waals surface area contributed by atoms with Gasteiger partial charge in [0.15, 0.2) is 0 Å². The number of carbonyl (C=O) groups is 1. The molecule has 122 valence electrons. The minimum Gasteiger partial charge on any atom is -0.444 e. The summed E-state index contributed by atoms with van der Waals surface area (Å²) in [7, 11) is 0. The molecule has 1 aromatic carbocycles. The first-order valence-corrected chi connectivity index (χ1v) is 7.76. The fourth-order valence-electron chi connectivity index (χ4n) is 2.74. The minimum absolute atomic E-state index is 0.0757. The Kier molecular flexibility index (Phi) is 5.06. The summed E-state index contributed by atoms with van der Waals surface area (Å²) in [6.07, 6.45) is 1.22. The third kappa shape index (κ3) is 4.44. The van der Waals surface area contributed by atoms with Crippen molar-refractivity contribution in [3.63, 3.8) is 0 Å². The van der Waals surface area contributed by atoms with Gasteiger partial charge in [0.25, 0.3) is 0 Å². The van der Waals surface area contributed by atoms with Crippen LogP contribution in [0.15, 0.2) is 18.2 Å². The lowest BCUT2D eigenvalue weighted by Crippen LogP contribution is -2.42. The highest BCUT2D eigenvalue weighted by atomic mass is 19.1. The van der Waals surface area contributed by atoms with Gasteiger partial charge in [-0.3, -0.25) is 0 Å². The van der Waals surface area contributed by atoms with Crippen molar-refractivity contribution in [2.75, 3.05) is 6.54 Å². The molecule has 2 rings (SSSR count). The molecule has 1 amide bonds. The smallest absolute Gasteiger partial charge is 0.407 e. The van der Waals surface area contributed by atoms with Crippen molar-refractivity contribution in [2.24, 2.45) is 0 Å². The monoisotopic (exact) mass is 308 g/mol. The van der Waals surface area contributed by atoms with Gasteiger partial charge in [0, 0.05) is 18.6 Å². The molecule has 2 N–H and O–H groups in total. The second-order valence-electron chi connectivity index (χ2n) is 6.85. The van der Waals surface area contributed by atoms with Crippen molar-refractivity contribution in [1.29, 1.82) is 0 Å². The molecule has 1 aromatic rings. The van der Waals surface area contributed by atoms with Crippen LogP contribution < -0.4 is 10.6 Å². The number of ether oxygens (including phenoxy) is 1. The Bertz CT molecular complexity index is 540. The molecule has 0 saturated heterocycles. The molecule has 0 radical (unpaired) electrons. The number of alkyl carbamates (subject to hydrolysis) is 1. The number of hydrogen-bond donors (Lipinski definition) is 2. The van der Waals surface area contributed by atoms with Crippen LogP contribution in [0.1, 0.15) is 51.3 Å². The maximum absolute atomic E-state index is 13.7. The lowest BCUT2D eigenvalue weighted by Gasteiger charge is -2.23. The largest absolute Gasteiger partial charge is 0.444 e. The Hall–Kier alpha value is -1.62. The van der Waals surface area contributed by atoms with Crippen LogP contribution in [0.4, 0.5) is 9.18 Å². The molecule has 4 nitrogen and oxygen atoms in total. The highest BCUT2D eigenvalue weighted by Gasteiger charge is 2.26. The van der Waals surface area contributed by atoms with Crippen LogP contribution in [-0.4, -0.2) is 24.3 Å². The Morgan fingerprint density at radius 1 is 1.45 bits per heavy atom. The predicted molar refractivity (Wildman–Crippen MR) is 84.3 cm³/mol. The van der Waals surface area contributed by atoms with E-state index < -0.39 is 11.7 Å². The van der Waals surface area contributed by atoms with E-state index >= 15 is 0 Å². The number of rotatable bonds is 4. The molecule has 2 atom stereocenters. The number of halogens is 1. The van der Waals surface area contributed by atoms with Crippen molar-refractivity contribution in [2.45, 2.75) is 58.2 Å². The van der Waals surface area contributed by atoms with E-state index in [1.54, 1.807) is 6.07 Å². The van der Waals surface area contributed by atoms with E-state index in [9.17, 15) is 9.18 Å². The van der Waals surface area contributed by atoms with Crippen molar-refractivity contribution in [1.82, 2.24) is 10.6 Å². The fourth-order valence-corrected chi connectivity index (χ4v) is 2.74. The second-order valence-corrected chi connectivity index (χ2v) is 6.85. The first kappa shape index (κ1) is 16.7. The zero-order valence-electron chi connectivity index (χ0n) is 13.7. The maximum Gasteiger partial charge on any atom is 0.407 e. The van der Waals surface area contributed by atoms with E-state index in [1.807, 2.05) is 33.8 Å². The van der Waals surface area contributed by atoms with Crippen LogP contribution in [0.25, 0.3) is 0 Å². The Labute approximate surface area is 131 Å². The summed E-state index contributed by atoms with van der Waals surface area (Å²) >= 11 is 0. The van der Waals surface area contributed by atoms with Gasteiger partial charge < -0.3 is 15.4 Å². The molecular weight excluding hydrogens is 283 g/mol. The average Bonchev–Trinajstić information content (AvgIpc) is 2.79. The van der Waals surface area contributed by atoms with Crippen LogP contribution >= 0.6 is 0 Å². The molecule has 0 heterocycles. The maximum atomic E-state index is 13.7. The fraction of sp³-hybridized carbons (Fsp3) is 0.588. The van der Waals surface area contributed by atoms with Crippen molar-refractivity contribution < 1.29 is 13.9 Å². The van der Waals surface area contributed by atoms with Gasteiger partial charge >= 0.3 is 6.09 Å². The normalized spacial score (nSPS) is 18.7. The molecule has 0 aliphatic heterocycles. The molecule has 0 bridgehead atoms. The molecule has 0 spiro atoms. The van der Waals surface area contributed by atoms with Crippen molar-refractivity contribution in [3.8, 4) is 0 Å².